The zero-order valence-electron chi connectivity index (χ0n) is 14.9. The van der Waals surface area contributed by atoms with Gasteiger partial charge in [0.25, 0.3) is 5.91 Å². The second-order valence-corrected chi connectivity index (χ2v) is 6.82. The minimum atomic E-state index is -0.586. The van der Waals surface area contributed by atoms with Crippen LogP contribution in [0.4, 0.5) is 0 Å². The maximum absolute atomic E-state index is 11.9. The molecule has 0 aromatic heterocycles. The maximum atomic E-state index is 11.9. The van der Waals surface area contributed by atoms with E-state index in [0.717, 1.165) is 22.0 Å². The highest BCUT2D eigenvalue weighted by Gasteiger charge is 2.15. The lowest BCUT2D eigenvalue weighted by Gasteiger charge is -2.14. The molecule has 0 aliphatic rings. The maximum Gasteiger partial charge on any atom is 0.258 e. The van der Waals surface area contributed by atoms with E-state index >= 15 is 0 Å². The van der Waals surface area contributed by atoms with Crippen molar-refractivity contribution < 1.29 is 14.3 Å². The van der Waals surface area contributed by atoms with E-state index in [4.69, 9.17) is 4.74 Å². The number of rotatable bonds is 8. The number of halogens is 1. The number of carbonyl (C=O) groups is 2. The van der Waals surface area contributed by atoms with Crippen LogP contribution in [0, 0.1) is 0 Å². The summed E-state index contributed by atoms with van der Waals surface area (Å²) in [6.45, 7) is 4.08. The normalized spacial score (nSPS) is 11.5. The van der Waals surface area contributed by atoms with E-state index in [2.05, 4.69) is 26.6 Å². The van der Waals surface area contributed by atoms with Gasteiger partial charge in [0.1, 0.15) is 11.8 Å². The summed E-state index contributed by atoms with van der Waals surface area (Å²) in [5.41, 5.74) is 2.17. The van der Waals surface area contributed by atoms with Gasteiger partial charge in [-0.2, -0.15) is 0 Å². The Balaban J connectivity index is 1.82. The summed E-state index contributed by atoms with van der Waals surface area (Å²) in [6.07, 6.45) is 0.853. The molecule has 2 aromatic rings. The first kappa shape index (κ1) is 20.0. The molecule has 0 aliphatic carbocycles. The van der Waals surface area contributed by atoms with E-state index in [1.807, 2.05) is 55.5 Å². The van der Waals surface area contributed by atoms with Gasteiger partial charge in [-0.15, -0.1) is 0 Å². The van der Waals surface area contributed by atoms with Crippen LogP contribution < -0.4 is 15.4 Å². The predicted molar refractivity (Wildman–Crippen MR) is 106 cm³/mol. The lowest BCUT2D eigenvalue weighted by molar-refractivity contribution is -0.129. The van der Waals surface area contributed by atoms with Gasteiger partial charge in [0.15, 0.2) is 6.61 Å². The van der Waals surface area contributed by atoms with E-state index in [0.29, 0.717) is 12.3 Å². The molecule has 2 amide bonds. The molecular formula is C20H23BrN2O3. The first-order valence-electron chi connectivity index (χ1n) is 8.55. The third kappa shape index (κ3) is 6.19. The molecule has 0 aliphatic heterocycles. The highest BCUT2D eigenvalue weighted by Crippen LogP contribution is 2.24. The number of benzene rings is 2. The van der Waals surface area contributed by atoms with E-state index in [-0.39, 0.29) is 18.4 Å². The molecule has 0 unspecified atom stereocenters. The largest absolute Gasteiger partial charge is 0.484 e. The highest BCUT2D eigenvalue weighted by molar-refractivity contribution is 9.10. The molecule has 6 heteroatoms. The van der Waals surface area contributed by atoms with Crippen LogP contribution >= 0.6 is 15.9 Å². The topological polar surface area (TPSA) is 67.4 Å². The minimum absolute atomic E-state index is 0.136. The molecule has 2 aromatic carbocycles. The standard InChI is InChI=1S/C20H23BrN2O3/c1-3-12-22-20(25)14(2)23-19(24)13-26-18-10-6-16(7-11-18)15-4-8-17(21)9-5-15/h4-11,14H,3,12-13H2,1-2H3,(H,22,25)(H,23,24)/t14-/m0/s1. The number of amides is 2. The Hall–Kier alpha value is -2.34. The molecule has 0 spiro atoms. The van der Waals surface area contributed by atoms with Crippen LogP contribution in [-0.4, -0.2) is 31.0 Å². The van der Waals surface area contributed by atoms with Gasteiger partial charge in [0, 0.05) is 11.0 Å². The van der Waals surface area contributed by atoms with Crippen LogP contribution in [0.25, 0.3) is 11.1 Å². The molecule has 0 bridgehead atoms. The van der Waals surface area contributed by atoms with Gasteiger partial charge in [-0.1, -0.05) is 47.1 Å². The zero-order chi connectivity index (χ0) is 18.9. The quantitative estimate of drug-likeness (QED) is 0.688. The first-order valence-corrected chi connectivity index (χ1v) is 9.34. The Kier molecular flexibility index (Phi) is 7.66. The molecule has 0 saturated heterocycles. The number of carbonyl (C=O) groups excluding carboxylic acids is 2. The van der Waals surface area contributed by atoms with Crippen molar-refractivity contribution in [2.75, 3.05) is 13.2 Å². The Bertz CT molecular complexity index is 730. The molecule has 138 valence electrons. The summed E-state index contributed by atoms with van der Waals surface area (Å²) in [5, 5.41) is 5.36. The van der Waals surface area contributed by atoms with E-state index in [1.165, 1.54) is 0 Å². The van der Waals surface area contributed by atoms with E-state index in [1.54, 1.807) is 6.92 Å². The molecule has 5 nitrogen and oxygen atoms in total. The highest BCUT2D eigenvalue weighted by atomic mass is 79.9. The second kappa shape index (κ2) is 9.97. The molecule has 0 radical (unpaired) electrons. The van der Waals surface area contributed by atoms with Gasteiger partial charge < -0.3 is 15.4 Å². The van der Waals surface area contributed by atoms with Crippen molar-refractivity contribution in [2.24, 2.45) is 0 Å². The average Bonchev–Trinajstić information content (AvgIpc) is 2.65. The van der Waals surface area contributed by atoms with Gasteiger partial charge in [-0.25, -0.2) is 0 Å². The summed E-state index contributed by atoms with van der Waals surface area (Å²) in [7, 11) is 0. The lowest BCUT2D eigenvalue weighted by atomic mass is 10.1. The SMILES string of the molecule is CCCNC(=O)[C@H](C)NC(=O)COc1ccc(-c2ccc(Br)cc2)cc1. The van der Waals surface area contributed by atoms with E-state index < -0.39 is 6.04 Å². The van der Waals surface area contributed by atoms with Crippen LogP contribution in [0.5, 0.6) is 5.75 Å². The summed E-state index contributed by atoms with van der Waals surface area (Å²) >= 11 is 3.42. The second-order valence-electron chi connectivity index (χ2n) is 5.90. The number of ether oxygens (including phenoxy) is 1. The third-order valence-electron chi connectivity index (χ3n) is 3.72. The number of hydrogen-bond acceptors (Lipinski definition) is 3. The molecular weight excluding hydrogens is 396 g/mol. The number of nitrogens with one attached hydrogen (secondary N) is 2. The first-order chi connectivity index (χ1) is 12.5. The lowest BCUT2D eigenvalue weighted by Crippen LogP contribution is -2.46. The van der Waals surface area contributed by atoms with Gasteiger partial charge in [0.2, 0.25) is 5.91 Å². The summed E-state index contributed by atoms with van der Waals surface area (Å²) in [6, 6.07) is 15.0. The van der Waals surface area contributed by atoms with Gasteiger partial charge in [-0.3, -0.25) is 9.59 Å². The molecule has 0 fully saturated rings. The molecule has 0 saturated carbocycles. The number of hydrogen-bond donors (Lipinski definition) is 2. The van der Waals surface area contributed by atoms with Crippen molar-refractivity contribution in [2.45, 2.75) is 26.3 Å². The molecule has 2 N–H and O–H groups in total. The van der Waals surface area contributed by atoms with Crippen LogP contribution in [0.1, 0.15) is 20.3 Å². The zero-order valence-corrected chi connectivity index (χ0v) is 16.5. The smallest absolute Gasteiger partial charge is 0.258 e. The van der Waals surface area contributed by atoms with Crippen LogP contribution in [0.15, 0.2) is 53.0 Å². The van der Waals surface area contributed by atoms with Crippen molar-refractivity contribution >= 4 is 27.7 Å². The van der Waals surface area contributed by atoms with Gasteiger partial charge >= 0.3 is 0 Å². The van der Waals surface area contributed by atoms with Crippen LogP contribution in [0.3, 0.4) is 0 Å². The Morgan fingerprint density at radius 1 is 1.04 bits per heavy atom. The van der Waals surface area contributed by atoms with Crippen molar-refractivity contribution in [1.29, 1.82) is 0 Å². The Labute approximate surface area is 162 Å². The third-order valence-corrected chi connectivity index (χ3v) is 4.25. The fourth-order valence-electron chi connectivity index (χ4n) is 2.28. The predicted octanol–water partition coefficient (Wildman–Crippen LogP) is 3.53. The fourth-order valence-corrected chi connectivity index (χ4v) is 2.55. The van der Waals surface area contributed by atoms with Crippen molar-refractivity contribution in [3.63, 3.8) is 0 Å². The molecule has 0 heterocycles. The van der Waals surface area contributed by atoms with Crippen molar-refractivity contribution in [3.05, 3.63) is 53.0 Å². The van der Waals surface area contributed by atoms with Crippen molar-refractivity contribution in [3.8, 4) is 16.9 Å². The Morgan fingerprint density at radius 3 is 2.19 bits per heavy atom. The van der Waals surface area contributed by atoms with Gasteiger partial charge in [0.05, 0.1) is 0 Å². The van der Waals surface area contributed by atoms with Crippen molar-refractivity contribution in [1.82, 2.24) is 10.6 Å². The van der Waals surface area contributed by atoms with Crippen LogP contribution in [0.2, 0.25) is 0 Å². The summed E-state index contributed by atoms with van der Waals surface area (Å²) < 4.78 is 6.52. The fraction of sp³-hybridized carbons (Fsp3) is 0.300. The summed E-state index contributed by atoms with van der Waals surface area (Å²) in [5.74, 6) is 0.0734. The average molecular weight is 419 g/mol. The molecule has 26 heavy (non-hydrogen) atoms. The molecule has 1 atom stereocenters. The van der Waals surface area contributed by atoms with Crippen LogP contribution in [-0.2, 0) is 9.59 Å². The summed E-state index contributed by atoms with van der Waals surface area (Å²) in [4.78, 5) is 23.6. The molecule has 2 rings (SSSR count). The van der Waals surface area contributed by atoms with Gasteiger partial charge in [-0.05, 0) is 48.7 Å². The Morgan fingerprint density at radius 2 is 1.62 bits per heavy atom. The monoisotopic (exact) mass is 418 g/mol. The minimum Gasteiger partial charge on any atom is -0.484 e. The van der Waals surface area contributed by atoms with E-state index in [9.17, 15) is 9.59 Å².